The fraction of sp³-hybridized carbons (Fsp3) is 0.619. The van der Waals surface area contributed by atoms with Crippen molar-refractivity contribution in [2.24, 2.45) is 0 Å². The summed E-state index contributed by atoms with van der Waals surface area (Å²) in [5.41, 5.74) is 0. The number of sulfonamides is 1. The third-order valence-corrected chi connectivity index (χ3v) is 6.75. The second-order valence-electron chi connectivity index (χ2n) is 7.70. The Hall–Kier alpha value is -2.33. The molecule has 2 aliphatic rings. The van der Waals surface area contributed by atoms with E-state index in [1.807, 2.05) is 4.90 Å². The minimum absolute atomic E-state index is 0.00962. The maximum absolute atomic E-state index is 12.4. The van der Waals surface area contributed by atoms with Crippen molar-refractivity contribution in [2.75, 3.05) is 39.4 Å². The number of amides is 2. The van der Waals surface area contributed by atoms with Gasteiger partial charge >= 0.3 is 0 Å². The number of hydrogen-bond donors (Lipinski definition) is 2. The normalized spacial score (nSPS) is 15.9. The SMILES string of the molecule is O=C(CCCCCNS(=O)(=O)c1ccc2c(c1)OCCO2)NCCCN1CCCC1=O. The number of benzene rings is 1. The van der Waals surface area contributed by atoms with Gasteiger partial charge in [0.15, 0.2) is 11.5 Å². The van der Waals surface area contributed by atoms with Crippen LogP contribution in [0.15, 0.2) is 23.1 Å². The first-order chi connectivity index (χ1) is 15.0. The van der Waals surface area contributed by atoms with E-state index in [2.05, 4.69) is 10.0 Å². The zero-order chi connectivity index (χ0) is 22.1. The van der Waals surface area contributed by atoms with E-state index in [4.69, 9.17) is 9.47 Å². The molecule has 1 aromatic rings. The summed E-state index contributed by atoms with van der Waals surface area (Å²) in [5.74, 6) is 1.18. The van der Waals surface area contributed by atoms with E-state index in [-0.39, 0.29) is 16.7 Å². The zero-order valence-electron chi connectivity index (χ0n) is 17.7. The average molecular weight is 454 g/mol. The number of ether oxygens (including phenoxy) is 2. The summed E-state index contributed by atoms with van der Waals surface area (Å²) in [7, 11) is -3.62. The molecule has 1 saturated heterocycles. The highest BCUT2D eigenvalue weighted by atomic mass is 32.2. The maximum atomic E-state index is 12.4. The third-order valence-electron chi connectivity index (χ3n) is 5.29. The highest BCUT2D eigenvalue weighted by molar-refractivity contribution is 7.89. The Kier molecular flexibility index (Phi) is 8.53. The Morgan fingerprint density at radius 2 is 1.84 bits per heavy atom. The molecule has 0 atom stereocenters. The van der Waals surface area contributed by atoms with Crippen LogP contribution in [0, 0.1) is 0 Å². The van der Waals surface area contributed by atoms with Crippen molar-refractivity contribution in [3.8, 4) is 11.5 Å². The molecule has 0 radical (unpaired) electrons. The van der Waals surface area contributed by atoms with E-state index < -0.39 is 10.0 Å². The van der Waals surface area contributed by atoms with Gasteiger partial charge in [-0.2, -0.15) is 0 Å². The first kappa shape index (κ1) is 23.3. The van der Waals surface area contributed by atoms with Crippen molar-refractivity contribution in [3.63, 3.8) is 0 Å². The van der Waals surface area contributed by atoms with Crippen molar-refractivity contribution in [3.05, 3.63) is 18.2 Å². The third kappa shape index (κ3) is 7.10. The van der Waals surface area contributed by atoms with Gasteiger partial charge in [0, 0.05) is 45.1 Å². The van der Waals surface area contributed by atoms with Crippen LogP contribution in [0.2, 0.25) is 0 Å². The number of likely N-dealkylation sites (tertiary alicyclic amines) is 1. The van der Waals surface area contributed by atoms with Crippen LogP contribution in [-0.2, 0) is 19.6 Å². The molecule has 1 aromatic carbocycles. The minimum Gasteiger partial charge on any atom is -0.486 e. The summed E-state index contributed by atoms with van der Waals surface area (Å²) < 4.78 is 38.3. The fourth-order valence-corrected chi connectivity index (χ4v) is 4.68. The van der Waals surface area contributed by atoms with Gasteiger partial charge in [-0.1, -0.05) is 6.42 Å². The number of fused-ring (bicyclic) bond motifs is 1. The predicted octanol–water partition coefficient (Wildman–Crippen LogP) is 1.43. The molecule has 0 aromatic heterocycles. The second-order valence-corrected chi connectivity index (χ2v) is 9.47. The standard InChI is InChI=1S/C21H31N3O6S/c25-20(22-10-5-13-24-12-4-7-21(24)26)6-2-1-3-11-23-31(27,28)17-8-9-18-19(16-17)30-15-14-29-18/h8-9,16,23H,1-7,10-15H2,(H,22,25). The van der Waals surface area contributed by atoms with Gasteiger partial charge in [0.25, 0.3) is 0 Å². The molecule has 0 bridgehead atoms. The lowest BCUT2D eigenvalue weighted by atomic mass is 10.2. The minimum atomic E-state index is -3.62. The highest BCUT2D eigenvalue weighted by Gasteiger charge is 2.20. The van der Waals surface area contributed by atoms with Gasteiger partial charge in [-0.15, -0.1) is 0 Å². The van der Waals surface area contributed by atoms with Crippen LogP contribution in [0.1, 0.15) is 44.9 Å². The van der Waals surface area contributed by atoms with Gasteiger partial charge in [0.05, 0.1) is 4.90 Å². The van der Waals surface area contributed by atoms with Crippen LogP contribution in [0.25, 0.3) is 0 Å². The van der Waals surface area contributed by atoms with Gasteiger partial charge in [-0.25, -0.2) is 13.1 Å². The molecule has 2 N–H and O–H groups in total. The van der Waals surface area contributed by atoms with Crippen LogP contribution in [-0.4, -0.2) is 64.5 Å². The summed E-state index contributed by atoms with van der Waals surface area (Å²) in [6.45, 7) is 3.25. The fourth-order valence-electron chi connectivity index (χ4n) is 3.59. The molecule has 172 valence electrons. The Morgan fingerprint density at radius 1 is 1.03 bits per heavy atom. The molecule has 2 aliphatic heterocycles. The summed E-state index contributed by atoms with van der Waals surface area (Å²) in [4.78, 5) is 25.4. The Bertz CT molecular complexity index is 874. The van der Waals surface area contributed by atoms with Crippen LogP contribution < -0.4 is 19.5 Å². The van der Waals surface area contributed by atoms with E-state index >= 15 is 0 Å². The van der Waals surface area contributed by atoms with E-state index in [0.29, 0.717) is 70.0 Å². The Morgan fingerprint density at radius 3 is 2.61 bits per heavy atom. The summed E-state index contributed by atoms with van der Waals surface area (Å²) in [6, 6.07) is 4.57. The molecule has 9 nitrogen and oxygen atoms in total. The lowest BCUT2D eigenvalue weighted by Crippen LogP contribution is -2.30. The molecule has 0 spiro atoms. The first-order valence-electron chi connectivity index (χ1n) is 10.9. The van der Waals surface area contributed by atoms with Crippen molar-refractivity contribution >= 4 is 21.8 Å². The average Bonchev–Trinajstić information content (AvgIpc) is 3.18. The van der Waals surface area contributed by atoms with Crippen LogP contribution >= 0.6 is 0 Å². The number of nitrogens with zero attached hydrogens (tertiary/aromatic N) is 1. The summed E-state index contributed by atoms with van der Waals surface area (Å²) in [5, 5.41) is 2.87. The molecule has 10 heteroatoms. The number of carbonyl (C=O) groups excluding carboxylic acids is 2. The molecule has 2 heterocycles. The van der Waals surface area contributed by atoms with Gasteiger partial charge in [0.1, 0.15) is 13.2 Å². The zero-order valence-corrected chi connectivity index (χ0v) is 18.5. The first-order valence-corrected chi connectivity index (χ1v) is 12.4. The molecule has 31 heavy (non-hydrogen) atoms. The monoisotopic (exact) mass is 453 g/mol. The smallest absolute Gasteiger partial charge is 0.240 e. The molecule has 2 amide bonds. The van der Waals surface area contributed by atoms with Gasteiger partial charge < -0.3 is 19.7 Å². The molecular weight excluding hydrogens is 422 g/mol. The second kappa shape index (κ2) is 11.3. The summed E-state index contributed by atoms with van der Waals surface area (Å²) >= 11 is 0. The topological polar surface area (TPSA) is 114 Å². The van der Waals surface area contributed by atoms with Crippen LogP contribution in [0.5, 0.6) is 11.5 Å². The van der Waals surface area contributed by atoms with E-state index in [1.54, 1.807) is 6.07 Å². The number of hydrogen-bond acceptors (Lipinski definition) is 6. The predicted molar refractivity (Wildman–Crippen MR) is 115 cm³/mol. The Balaban J connectivity index is 1.25. The molecule has 1 fully saturated rings. The lowest BCUT2D eigenvalue weighted by molar-refractivity contribution is -0.127. The quantitative estimate of drug-likeness (QED) is 0.463. The van der Waals surface area contributed by atoms with Gasteiger partial charge in [-0.05, 0) is 37.8 Å². The lowest BCUT2D eigenvalue weighted by Gasteiger charge is -2.18. The van der Waals surface area contributed by atoms with Crippen molar-refractivity contribution in [1.82, 2.24) is 14.9 Å². The highest BCUT2D eigenvalue weighted by Crippen LogP contribution is 2.32. The number of nitrogens with one attached hydrogen (secondary N) is 2. The van der Waals surface area contributed by atoms with Gasteiger partial charge in [-0.3, -0.25) is 9.59 Å². The number of carbonyl (C=O) groups is 2. The van der Waals surface area contributed by atoms with E-state index in [9.17, 15) is 18.0 Å². The summed E-state index contributed by atoms with van der Waals surface area (Å²) in [6.07, 6.45) is 4.84. The molecule has 0 aliphatic carbocycles. The Labute approximate surface area is 183 Å². The molecular formula is C21H31N3O6S. The van der Waals surface area contributed by atoms with Crippen LogP contribution in [0.3, 0.4) is 0 Å². The molecule has 0 unspecified atom stereocenters. The number of rotatable bonds is 12. The molecule has 3 rings (SSSR count). The largest absolute Gasteiger partial charge is 0.486 e. The number of unbranched alkanes of at least 4 members (excludes halogenated alkanes) is 2. The van der Waals surface area contributed by atoms with E-state index in [1.165, 1.54) is 12.1 Å². The van der Waals surface area contributed by atoms with Gasteiger partial charge in [0.2, 0.25) is 21.8 Å². The van der Waals surface area contributed by atoms with Crippen LogP contribution in [0.4, 0.5) is 0 Å². The van der Waals surface area contributed by atoms with Crippen molar-refractivity contribution < 1.29 is 27.5 Å². The van der Waals surface area contributed by atoms with Crippen molar-refractivity contribution in [1.29, 1.82) is 0 Å². The molecule has 0 saturated carbocycles. The van der Waals surface area contributed by atoms with E-state index in [0.717, 1.165) is 25.8 Å². The van der Waals surface area contributed by atoms with Crippen molar-refractivity contribution in [2.45, 2.75) is 49.8 Å². The maximum Gasteiger partial charge on any atom is 0.240 e.